The number of terminal acetylenes is 1. The molecule has 1 aromatic carbocycles. The van der Waals surface area contributed by atoms with Gasteiger partial charge in [-0.25, -0.2) is 0 Å². The minimum atomic E-state index is -0.299. The largest absolute Gasteiger partial charge is 0.491 e. The van der Waals surface area contributed by atoms with Gasteiger partial charge in [-0.05, 0) is 52.3 Å². The lowest BCUT2D eigenvalue weighted by Gasteiger charge is -2.25. The molecular formula is C16H23NO. The third-order valence-corrected chi connectivity index (χ3v) is 2.69. The van der Waals surface area contributed by atoms with E-state index in [9.17, 15) is 0 Å². The van der Waals surface area contributed by atoms with Gasteiger partial charge in [-0.1, -0.05) is 18.1 Å². The predicted octanol–water partition coefficient (Wildman–Crippen LogP) is 3.54. The Morgan fingerprint density at radius 3 is 2.17 bits per heavy atom. The average Bonchev–Trinajstić information content (AvgIpc) is 2.28. The lowest BCUT2D eigenvalue weighted by atomic mass is 10.0. The van der Waals surface area contributed by atoms with Crippen LogP contribution in [0.2, 0.25) is 0 Å². The predicted molar refractivity (Wildman–Crippen MR) is 76.7 cm³/mol. The third kappa shape index (κ3) is 4.43. The van der Waals surface area contributed by atoms with Crippen LogP contribution in [0.15, 0.2) is 24.3 Å². The van der Waals surface area contributed by atoms with Gasteiger partial charge in [0, 0.05) is 6.04 Å². The van der Waals surface area contributed by atoms with Gasteiger partial charge in [-0.2, -0.15) is 0 Å². The summed E-state index contributed by atoms with van der Waals surface area (Å²) in [5.41, 5.74) is 0.904. The van der Waals surface area contributed by atoms with Crippen LogP contribution in [0.1, 0.15) is 46.2 Å². The number of benzene rings is 1. The molecule has 1 atom stereocenters. The van der Waals surface area contributed by atoms with E-state index in [2.05, 4.69) is 30.3 Å². The Morgan fingerprint density at radius 1 is 1.17 bits per heavy atom. The van der Waals surface area contributed by atoms with Crippen molar-refractivity contribution in [3.8, 4) is 18.1 Å². The van der Waals surface area contributed by atoms with E-state index in [1.165, 1.54) is 5.56 Å². The summed E-state index contributed by atoms with van der Waals surface area (Å²) in [5.74, 6) is 3.64. The topological polar surface area (TPSA) is 21.3 Å². The smallest absolute Gasteiger partial charge is 0.119 e. The molecule has 1 N–H and O–H groups in total. The van der Waals surface area contributed by atoms with Crippen LogP contribution >= 0.6 is 0 Å². The molecule has 98 valence electrons. The molecule has 2 heteroatoms. The van der Waals surface area contributed by atoms with E-state index in [0.717, 1.165) is 5.75 Å². The van der Waals surface area contributed by atoms with E-state index in [1.807, 2.05) is 39.8 Å². The summed E-state index contributed by atoms with van der Waals surface area (Å²) in [7, 11) is 0. The maximum Gasteiger partial charge on any atom is 0.119 e. The zero-order chi connectivity index (χ0) is 13.8. The van der Waals surface area contributed by atoms with Crippen molar-refractivity contribution in [1.82, 2.24) is 5.32 Å². The van der Waals surface area contributed by atoms with Crippen molar-refractivity contribution >= 4 is 0 Å². The monoisotopic (exact) mass is 245 g/mol. The van der Waals surface area contributed by atoms with Crippen molar-refractivity contribution in [1.29, 1.82) is 0 Å². The van der Waals surface area contributed by atoms with Crippen molar-refractivity contribution in [2.24, 2.45) is 0 Å². The van der Waals surface area contributed by atoms with Crippen LogP contribution < -0.4 is 10.1 Å². The van der Waals surface area contributed by atoms with Gasteiger partial charge in [0.1, 0.15) is 5.75 Å². The molecule has 0 radical (unpaired) electrons. The quantitative estimate of drug-likeness (QED) is 0.801. The fourth-order valence-electron chi connectivity index (χ4n) is 1.77. The second-order valence-corrected chi connectivity index (χ2v) is 5.37. The molecule has 0 aliphatic carbocycles. The average molecular weight is 245 g/mol. The molecule has 0 bridgehead atoms. The van der Waals surface area contributed by atoms with Gasteiger partial charge >= 0.3 is 0 Å². The zero-order valence-corrected chi connectivity index (χ0v) is 11.9. The van der Waals surface area contributed by atoms with Gasteiger partial charge in [0.15, 0.2) is 0 Å². The summed E-state index contributed by atoms with van der Waals surface area (Å²) >= 11 is 0. The highest BCUT2D eigenvalue weighted by molar-refractivity contribution is 5.29. The maximum absolute atomic E-state index is 5.62. The molecule has 1 aromatic rings. The van der Waals surface area contributed by atoms with Crippen molar-refractivity contribution in [3.05, 3.63) is 29.8 Å². The first-order chi connectivity index (χ1) is 8.34. The van der Waals surface area contributed by atoms with Crippen LogP contribution in [-0.4, -0.2) is 11.6 Å². The maximum atomic E-state index is 5.62. The van der Waals surface area contributed by atoms with Gasteiger partial charge in [-0.3, -0.25) is 5.32 Å². The minimum Gasteiger partial charge on any atom is -0.491 e. The molecule has 0 aliphatic heterocycles. The van der Waals surface area contributed by atoms with Crippen LogP contribution in [0.5, 0.6) is 5.75 Å². The summed E-state index contributed by atoms with van der Waals surface area (Å²) in [6, 6.07) is 8.35. The lowest BCUT2D eigenvalue weighted by molar-refractivity contribution is 0.242. The van der Waals surface area contributed by atoms with Crippen molar-refractivity contribution < 1.29 is 4.74 Å². The van der Waals surface area contributed by atoms with E-state index < -0.39 is 0 Å². The number of ether oxygens (including phenoxy) is 1. The van der Waals surface area contributed by atoms with Gasteiger partial charge in [0.25, 0.3) is 0 Å². The van der Waals surface area contributed by atoms with Gasteiger partial charge in [0.05, 0.1) is 11.6 Å². The second kappa shape index (κ2) is 5.93. The second-order valence-electron chi connectivity index (χ2n) is 5.37. The summed E-state index contributed by atoms with van der Waals surface area (Å²) in [4.78, 5) is 0. The molecule has 0 aromatic heterocycles. The van der Waals surface area contributed by atoms with E-state index in [4.69, 9.17) is 11.2 Å². The summed E-state index contributed by atoms with van der Waals surface area (Å²) in [5, 5.41) is 3.41. The third-order valence-electron chi connectivity index (χ3n) is 2.69. The van der Waals surface area contributed by atoms with E-state index >= 15 is 0 Å². The standard InChI is InChI=1S/C16H23NO/c1-7-16(5,6)17-13(4)14-8-10-15(11-9-14)18-12(2)3/h1,8-13,17H,2-6H3. The Bertz CT molecular complexity index is 412. The first-order valence-electron chi connectivity index (χ1n) is 6.36. The molecule has 18 heavy (non-hydrogen) atoms. The molecule has 0 fully saturated rings. The van der Waals surface area contributed by atoms with Crippen molar-refractivity contribution in [3.63, 3.8) is 0 Å². The Balaban J connectivity index is 2.71. The lowest BCUT2D eigenvalue weighted by Crippen LogP contribution is -2.39. The molecule has 0 aliphatic rings. The molecule has 2 nitrogen and oxygen atoms in total. The summed E-state index contributed by atoms with van der Waals surface area (Å²) < 4.78 is 5.62. The Kier molecular flexibility index (Phi) is 4.81. The normalized spacial score (nSPS) is 13.2. The molecule has 1 rings (SSSR count). The molecular weight excluding hydrogens is 222 g/mol. The molecule has 0 saturated carbocycles. The van der Waals surface area contributed by atoms with Gasteiger partial charge < -0.3 is 4.74 Å². The Labute approximate surface area is 111 Å². The van der Waals surface area contributed by atoms with Crippen LogP contribution in [0.4, 0.5) is 0 Å². The Hall–Kier alpha value is -1.46. The van der Waals surface area contributed by atoms with Crippen LogP contribution in [0.25, 0.3) is 0 Å². The highest BCUT2D eigenvalue weighted by atomic mass is 16.5. The van der Waals surface area contributed by atoms with Crippen LogP contribution in [0, 0.1) is 12.3 Å². The Morgan fingerprint density at radius 2 is 1.72 bits per heavy atom. The molecule has 0 spiro atoms. The van der Waals surface area contributed by atoms with Crippen LogP contribution in [-0.2, 0) is 0 Å². The molecule has 1 unspecified atom stereocenters. The first-order valence-corrected chi connectivity index (χ1v) is 6.36. The molecule has 0 amide bonds. The van der Waals surface area contributed by atoms with E-state index in [0.29, 0.717) is 0 Å². The minimum absolute atomic E-state index is 0.201. The first kappa shape index (κ1) is 14.6. The van der Waals surface area contributed by atoms with E-state index in [-0.39, 0.29) is 17.7 Å². The summed E-state index contributed by atoms with van der Waals surface area (Å²) in [6.07, 6.45) is 5.68. The number of rotatable bonds is 5. The van der Waals surface area contributed by atoms with E-state index in [1.54, 1.807) is 0 Å². The van der Waals surface area contributed by atoms with Crippen molar-refractivity contribution in [2.45, 2.75) is 52.3 Å². The van der Waals surface area contributed by atoms with Crippen molar-refractivity contribution in [2.75, 3.05) is 0 Å². The van der Waals surface area contributed by atoms with Crippen LogP contribution in [0.3, 0.4) is 0 Å². The number of hydrogen-bond acceptors (Lipinski definition) is 2. The fourth-order valence-corrected chi connectivity index (χ4v) is 1.77. The summed E-state index contributed by atoms with van der Waals surface area (Å²) in [6.45, 7) is 10.2. The molecule has 0 heterocycles. The number of hydrogen-bond donors (Lipinski definition) is 1. The highest BCUT2D eigenvalue weighted by Gasteiger charge is 2.17. The van der Waals surface area contributed by atoms with Gasteiger partial charge in [0.2, 0.25) is 0 Å². The molecule has 0 saturated heterocycles. The van der Waals surface area contributed by atoms with Gasteiger partial charge in [-0.15, -0.1) is 6.42 Å². The fraction of sp³-hybridized carbons (Fsp3) is 0.500. The zero-order valence-electron chi connectivity index (χ0n) is 11.9. The highest BCUT2D eigenvalue weighted by Crippen LogP contribution is 2.20. The number of nitrogens with one attached hydrogen (secondary N) is 1. The SMILES string of the molecule is C#CC(C)(C)NC(C)c1ccc(OC(C)C)cc1.